The molecule has 1 aliphatic carbocycles. The maximum Gasteiger partial charge on any atom is 0.573 e. The number of esters is 1. The number of ether oxygens (including phenoxy) is 2. The Labute approximate surface area is 219 Å². The van der Waals surface area contributed by atoms with Crippen LogP contribution in [0.25, 0.3) is 11.1 Å². The molecule has 1 amide bonds. The maximum atomic E-state index is 14.7. The molecule has 1 saturated carbocycles. The summed E-state index contributed by atoms with van der Waals surface area (Å²) in [5, 5.41) is 2.62. The lowest BCUT2D eigenvalue weighted by molar-refractivity contribution is -0.274. The Balaban J connectivity index is 1.59. The number of halogens is 6. The average molecular weight is 552 g/mol. The molecule has 0 saturated heterocycles. The predicted molar refractivity (Wildman–Crippen MR) is 128 cm³/mol. The van der Waals surface area contributed by atoms with Crippen molar-refractivity contribution >= 4 is 17.6 Å². The van der Waals surface area contributed by atoms with Crippen molar-refractivity contribution in [3.05, 3.63) is 77.4 Å². The third-order valence-corrected chi connectivity index (χ3v) is 6.45. The van der Waals surface area contributed by atoms with Crippen molar-refractivity contribution in [1.29, 1.82) is 0 Å². The van der Waals surface area contributed by atoms with E-state index in [1.54, 1.807) is 0 Å². The predicted octanol–water partition coefficient (Wildman–Crippen LogP) is 6.75. The van der Waals surface area contributed by atoms with E-state index in [0.29, 0.717) is 17.2 Å². The number of alkyl halides is 5. The molecule has 3 aromatic rings. The number of benzene rings is 2. The monoisotopic (exact) mass is 552 g/mol. The summed E-state index contributed by atoms with van der Waals surface area (Å²) in [6.45, 7) is 1.33. The molecule has 1 aromatic heterocycles. The van der Waals surface area contributed by atoms with Gasteiger partial charge in [0.25, 0.3) is 5.92 Å². The standard InChI is InChI=1S/C27H22F6N2O4/c1-3-26(29,30)22-9-4-15(14-34-22)18-7-5-16(12-19(18)23(36)38-2)35-24(37)25(10-11-25)20-8-6-17(13-21(20)28)39-27(31,32)33/h4-9,12-14H,3,10-11H2,1-2H3,(H,35,37). The van der Waals surface area contributed by atoms with Crippen molar-refractivity contribution in [2.75, 3.05) is 12.4 Å². The molecule has 0 spiro atoms. The number of rotatable bonds is 8. The zero-order valence-electron chi connectivity index (χ0n) is 20.7. The highest BCUT2D eigenvalue weighted by atomic mass is 19.4. The summed E-state index contributed by atoms with van der Waals surface area (Å²) in [6, 6.07) is 9.37. The number of carbonyl (C=O) groups is 2. The van der Waals surface area contributed by atoms with Gasteiger partial charge >= 0.3 is 12.3 Å². The van der Waals surface area contributed by atoms with Gasteiger partial charge in [-0.15, -0.1) is 13.2 Å². The third kappa shape index (κ3) is 5.84. The van der Waals surface area contributed by atoms with Crippen LogP contribution < -0.4 is 10.1 Å². The molecule has 1 heterocycles. The number of methoxy groups -OCH3 is 1. The molecule has 0 atom stereocenters. The van der Waals surface area contributed by atoms with Crippen molar-refractivity contribution in [3.63, 3.8) is 0 Å². The van der Waals surface area contributed by atoms with Gasteiger partial charge in [-0.05, 0) is 42.7 Å². The van der Waals surface area contributed by atoms with E-state index in [1.807, 2.05) is 0 Å². The van der Waals surface area contributed by atoms with Crippen LogP contribution in [0.2, 0.25) is 0 Å². The zero-order chi connectivity index (χ0) is 28.6. The number of aromatic nitrogens is 1. The number of hydrogen-bond donors (Lipinski definition) is 1. The van der Waals surface area contributed by atoms with Gasteiger partial charge < -0.3 is 14.8 Å². The number of nitrogens with one attached hydrogen (secondary N) is 1. The molecule has 1 N–H and O–H groups in total. The molecule has 206 valence electrons. The Bertz CT molecular complexity index is 1400. The molecule has 4 rings (SSSR count). The number of anilines is 1. The zero-order valence-corrected chi connectivity index (χ0v) is 20.7. The molecule has 0 aliphatic heterocycles. The van der Waals surface area contributed by atoms with Crippen molar-refractivity contribution in [2.24, 2.45) is 0 Å². The molecule has 2 aromatic carbocycles. The number of pyridine rings is 1. The Morgan fingerprint density at radius 1 is 1.03 bits per heavy atom. The van der Waals surface area contributed by atoms with E-state index in [4.69, 9.17) is 4.74 Å². The number of nitrogens with zero attached hydrogens (tertiary/aromatic N) is 1. The fraction of sp³-hybridized carbons (Fsp3) is 0.296. The molecule has 1 fully saturated rings. The van der Waals surface area contributed by atoms with Crippen LogP contribution in [0.4, 0.5) is 32.0 Å². The first kappa shape index (κ1) is 27.9. The van der Waals surface area contributed by atoms with Crippen LogP contribution in [0.5, 0.6) is 5.75 Å². The quantitative estimate of drug-likeness (QED) is 0.247. The Morgan fingerprint density at radius 2 is 1.74 bits per heavy atom. The van der Waals surface area contributed by atoms with Gasteiger partial charge in [0.05, 0.1) is 18.1 Å². The molecule has 0 unspecified atom stereocenters. The summed E-state index contributed by atoms with van der Waals surface area (Å²) >= 11 is 0. The van der Waals surface area contributed by atoms with E-state index in [2.05, 4.69) is 15.0 Å². The fourth-order valence-electron chi connectivity index (χ4n) is 4.18. The second kappa shape index (κ2) is 10.2. The Kier molecular flexibility index (Phi) is 7.33. The van der Waals surface area contributed by atoms with Crippen LogP contribution in [0, 0.1) is 5.82 Å². The summed E-state index contributed by atoms with van der Waals surface area (Å²) < 4.78 is 88.5. The Hall–Kier alpha value is -4.09. The molecule has 0 bridgehead atoms. The first-order valence-corrected chi connectivity index (χ1v) is 11.7. The first-order valence-electron chi connectivity index (χ1n) is 11.7. The maximum absolute atomic E-state index is 14.7. The molecular formula is C27H22F6N2O4. The van der Waals surface area contributed by atoms with Gasteiger partial charge in [0.15, 0.2) is 0 Å². The van der Waals surface area contributed by atoms with Crippen molar-refractivity contribution in [2.45, 2.75) is 43.9 Å². The summed E-state index contributed by atoms with van der Waals surface area (Å²) in [5.74, 6) is -6.28. The van der Waals surface area contributed by atoms with Gasteiger partial charge in [0.2, 0.25) is 5.91 Å². The minimum absolute atomic E-state index is 0.0109. The van der Waals surface area contributed by atoms with E-state index in [9.17, 15) is 35.9 Å². The van der Waals surface area contributed by atoms with Crippen LogP contribution >= 0.6 is 0 Å². The number of amides is 1. The van der Waals surface area contributed by atoms with Gasteiger partial charge in [0, 0.05) is 35.5 Å². The first-order chi connectivity index (χ1) is 18.3. The number of carbonyl (C=O) groups excluding carboxylic acids is 2. The second-order valence-electron chi connectivity index (χ2n) is 8.97. The van der Waals surface area contributed by atoms with Gasteiger partial charge in [-0.3, -0.25) is 9.78 Å². The lowest BCUT2D eigenvalue weighted by Crippen LogP contribution is -2.29. The second-order valence-corrected chi connectivity index (χ2v) is 8.97. The smallest absolute Gasteiger partial charge is 0.465 e. The summed E-state index contributed by atoms with van der Waals surface area (Å²) in [4.78, 5) is 29.5. The minimum atomic E-state index is -5.00. The van der Waals surface area contributed by atoms with Crippen LogP contribution in [0.1, 0.15) is 47.8 Å². The minimum Gasteiger partial charge on any atom is -0.465 e. The lowest BCUT2D eigenvalue weighted by atomic mass is 9.93. The van der Waals surface area contributed by atoms with Crippen LogP contribution in [-0.4, -0.2) is 30.3 Å². The summed E-state index contributed by atoms with van der Waals surface area (Å²) in [5.41, 5.74) is -0.981. The van der Waals surface area contributed by atoms with Crippen LogP contribution in [0.3, 0.4) is 0 Å². The summed E-state index contributed by atoms with van der Waals surface area (Å²) in [6.07, 6.45) is -3.73. The van der Waals surface area contributed by atoms with E-state index in [1.165, 1.54) is 37.4 Å². The van der Waals surface area contributed by atoms with Crippen LogP contribution in [0.15, 0.2) is 54.7 Å². The summed E-state index contributed by atoms with van der Waals surface area (Å²) in [7, 11) is 1.15. The van der Waals surface area contributed by atoms with Crippen molar-refractivity contribution < 1.29 is 45.4 Å². The molecule has 12 heteroatoms. The van der Waals surface area contributed by atoms with Gasteiger partial charge in [-0.2, -0.15) is 8.78 Å². The normalized spacial score (nSPS) is 14.5. The highest BCUT2D eigenvalue weighted by Gasteiger charge is 2.53. The molecular weight excluding hydrogens is 530 g/mol. The SMILES string of the molecule is CCC(F)(F)c1ccc(-c2ccc(NC(=O)C3(c4ccc(OC(F)(F)F)cc4F)CC3)cc2C(=O)OC)cn1. The lowest BCUT2D eigenvalue weighted by Gasteiger charge is -2.18. The Morgan fingerprint density at radius 3 is 2.28 bits per heavy atom. The molecule has 0 radical (unpaired) electrons. The van der Waals surface area contributed by atoms with E-state index >= 15 is 0 Å². The highest BCUT2D eigenvalue weighted by molar-refractivity contribution is 6.04. The molecule has 39 heavy (non-hydrogen) atoms. The average Bonchev–Trinajstić information content (AvgIpc) is 3.69. The van der Waals surface area contributed by atoms with E-state index in [-0.39, 0.29) is 29.7 Å². The highest BCUT2D eigenvalue weighted by Crippen LogP contribution is 2.50. The third-order valence-electron chi connectivity index (χ3n) is 6.45. The largest absolute Gasteiger partial charge is 0.573 e. The molecule has 6 nitrogen and oxygen atoms in total. The van der Waals surface area contributed by atoms with E-state index < -0.39 is 53.3 Å². The van der Waals surface area contributed by atoms with E-state index in [0.717, 1.165) is 25.3 Å². The van der Waals surface area contributed by atoms with Crippen molar-refractivity contribution in [1.82, 2.24) is 4.98 Å². The van der Waals surface area contributed by atoms with Crippen molar-refractivity contribution in [3.8, 4) is 16.9 Å². The van der Waals surface area contributed by atoms with Gasteiger partial charge in [-0.25, -0.2) is 9.18 Å². The topological polar surface area (TPSA) is 77.5 Å². The molecule has 1 aliphatic rings. The van der Waals surface area contributed by atoms with Crippen LogP contribution in [-0.2, 0) is 20.9 Å². The van der Waals surface area contributed by atoms with Gasteiger partial charge in [-0.1, -0.05) is 25.1 Å². The number of hydrogen-bond acceptors (Lipinski definition) is 5. The fourth-order valence-corrected chi connectivity index (χ4v) is 4.18. The van der Waals surface area contributed by atoms with Gasteiger partial charge in [0.1, 0.15) is 17.3 Å².